The van der Waals surface area contributed by atoms with Crippen LogP contribution in [-0.2, 0) is 17.8 Å². The fourth-order valence-electron chi connectivity index (χ4n) is 3.84. The number of rotatable bonds is 9. The molecule has 1 atom stereocenters. The standard InChI is InChI=1S/C29H29N5O2/c1-19(28(35)33-17-21-9-13-25(14-10-21)27(30)31)34-29(36)26-16-22(18-32-26)15-20-7-11-24(12-8-20)23-5-3-2-4-6-23/h2-14,16,18-19,32H,15,17H2,1H3,(H3,30,31)(H,33,35)(H,34,36). The van der Waals surface area contributed by atoms with Crippen molar-refractivity contribution in [3.05, 3.63) is 119 Å². The lowest BCUT2D eigenvalue weighted by molar-refractivity contribution is -0.122. The summed E-state index contributed by atoms with van der Waals surface area (Å²) in [7, 11) is 0. The van der Waals surface area contributed by atoms with Crippen molar-refractivity contribution >= 4 is 17.6 Å². The van der Waals surface area contributed by atoms with Crippen LogP contribution in [0.3, 0.4) is 0 Å². The number of carbonyl (C=O) groups is 2. The molecule has 4 aromatic rings. The fourth-order valence-corrected chi connectivity index (χ4v) is 3.84. The van der Waals surface area contributed by atoms with Crippen molar-refractivity contribution in [3.8, 4) is 11.1 Å². The first-order valence-corrected chi connectivity index (χ1v) is 11.7. The maximum absolute atomic E-state index is 12.6. The highest BCUT2D eigenvalue weighted by Gasteiger charge is 2.17. The smallest absolute Gasteiger partial charge is 0.268 e. The Kier molecular flexibility index (Phi) is 7.60. The van der Waals surface area contributed by atoms with Crippen LogP contribution in [0, 0.1) is 5.41 Å². The molecule has 2 amide bonds. The molecule has 1 aromatic heterocycles. The Labute approximate surface area is 210 Å². The van der Waals surface area contributed by atoms with E-state index in [0.717, 1.165) is 22.3 Å². The van der Waals surface area contributed by atoms with E-state index in [1.165, 1.54) is 5.56 Å². The number of nitrogens with one attached hydrogen (secondary N) is 4. The van der Waals surface area contributed by atoms with Gasteiger partial charge in [-0.05, 0) is 47.2 Å². The van der Waals surface area contributed by atoms with Gasteiger partial charge in [-0.1, -0.05) is 78.9 Å². The second-order valence-corrected chi connectivity index (χ2v) is 8.68. The molecule has 0 fully saturated rings. The third-order valence-electron chi connectivity index (χ3n) is 5.93. The van der Waals surface area contributed by atoms with E-state index in [4.69, 9.17) is 11.1 Å². The Hall–Kier alpha value is -4.65. The maximum atomic E-state index is 12.6. The topological polar surface area (TPSA) is 124 Å². The van der Waals surface area contributed by atoms with Gasteiger partial charge in [0.15, 0.2) is 0 Å². The van der Waals surface area contributed by atoms with Gasteiger partial charge in [0.25, 0.3) is 5.91 Å². The van der Waals surface area contributed by atoms with Crippen LogP contribution in [0.15, 0.2) is 91.1 Å². The number of aromatic nitrogens is 1. The van der Waals surface area contributed by atoms with Gasteiger partial charge in [-0.15, -0.1) is 0 Å². The number of aromatic amines is 1. The van der Waals surface area contributed by atoms with Crippen LogP contribution < -0.4 is 16.4 Å². The summed E-state index contributed by atoms with van der Waals surface area (Å²) in [5.41, 5.74) is 11.8. The van der Waals surface area contributed by atoms with Gasteiger partial charge in [-0.25, -0.2) is 0 Å². The minimum Gasteiger partial charge on any atom is -0.384 e. The van der Waals surface area contributed by atoms with Crippen LogP contribution in [0.1, 0.15) is 39.7 Å². The third-order valence-corrected chi connectivity index (χ3v) is 5.93. The highest BCUT2D eigenvalue weighted by molar-refractivity contribution is 5.96. The van der Waals surface area contributed by atoms with Gasteiger partial charge in [-0.3, -0.25) is 15.0 Å². The highest BCUT2D eigenvalue weighted by atomic mass is 16.2. The molecule has 7 heteroatoms. The average Bonchev–Trinajstić information content (AvgIpc) is 3.37. The van der Waals surface area contributed by atoms with Crippen LogP contribution >= 0.6 is 0 Å². The second-order valence-electron chi connectivity index (χ2n) is 8.68. The van der Waals surface area contributed by atoms with Crippen molar-refractivity contribution < 1.29 is 9.59 Å². The monoisotopic (exact) mass is 479 g/mol. The summed E-state index contributed by atoms with van der Waals surface area (Å²) in [4.78, 5) is 28.1. The van der Waals surface area contributed by atoms with Gasteiger partial charge in [0, 0.05) is 18.3 Å². The number of benzene rings is 3. The Bertz CT molecular complexity index is 1340. The van der Waals surface area contributed by atoms with Crippen molar-refractivity contribution in [2.75, 3.05) is 0 Å². The molecule has 0 aliphatic rings. The van der Waals surface area contributed by atoms with E-state index in [9.17, 15) is 9.59 Å². The summed E-state index contributed by atoms with van der Waals surface area (Å²) in [6.07, 6.45) is 2.51. The predicted molar refractivity (Wildman–Crippen MR) is 142 cm³/mol. The normalized spacial score (nSPS) is 11.5. The van der Waals surface area contributed by atoms with Crippen LogP contribution in [-0.4, -0.2) is 28.7 Å². The quantitative estimate of drug-likeness (QED) is 0.184. The number of hydrogen-bond acceptors (Lipinski definition) is 3. The number of nitrogen functional groups attached to an aromatic ring is 1. The third kappa shape index (κ3) is 6.27. The molecule has 6 N–H and O–H groups in total. The van der Waals surface area contributed by atoms with Crippen molar-refractivity contribution in [2.24, 2.45) is 5.73 Å². The minimum absolute atomic E-state index is 0.00430. The molecular formula is C29H29N5O2. The lowest BCUT2D eigenvalue weighted by Crippen LogP contribution is -2.44. The molecule has 182 valence electrons. The molecule has 0 spiro atoms. The molecule has 0 saturated carbocycles. The molecule has 0 radical (unpaired) electrons. The average molecular weight is 480 g/mol. The maximum Gasteiger partial charge on any atom is 0.268 e. The molecule has 0 saturated heterocycles. The van der Waals surface area contributed by atoms with Crippen LogP contribution in [0.5, 0.6) is 0 Å². The van der Waals surface area contributed by atoms with E-state index >= 15 is 0 Å². The molecule has 36 heavy (non-hydrogen) atoms. The number of H-pyrrole nitrogens is 1. The van der Waals surface area contributed by atoms with Crippen LogP contribution in [0.4, 0.5) is 0 Å². The number of carbonyl (C=O) groups excluding carboxylic acids is 2. The molecule has 0 bridgehead atoms. The molecule has 1 heterocycles. The van der Waals surface area contributed by atoms with Crippen LogP contribution in [0.2, 0.25) is 0 Å². The van der Waals surface area contributed by atoms with Crippen molar-refractivity contribution in [2.45, 2.75) is 25.9 Å². The van der Waals surface area contributed by atoms with E-state index in [1.54, 1.807) is 31.2 Å². The zero-order valence-electron chi connectivity index (χ0n) is 20.0. The Balaban J connectivity index is 1.28. The number of amidine groups is 1. The number of nitrogens with two attached hydrogens (primary N) is 1. The van der Waals surface area contributed by atoms with Gasteiger partial charge in [0.1, 0.15) is 17.6 Å². The van der Waals surface area contributed by atoms with Crippen LogP contribution in [0.25, 0.3) is 11.1 Å². The molecule has 4 rings (SSSR count). The lowest BCUT2D eigenvalue weighted by atomic mass is 10.0. The Morgan fingerprint density at radius 3 is 2.19 bits per heavy atom. The molecule has 1 unspecified atom stereocenters. The summed E-state index contributed by atoms with van der Waals surface area (Å²) >= 11 is 0. The van der Waals surface area contributed by atoms with E-state index in [0.29, 0.717) is 24.2 Å². The molecule has 3 aromatic carbocycles. The SMILES string of the molecule is CC(NC(=O)c1cc(Cc2ccc(-c3ccccc3)cc2)c[nH]1)C(=O)NCc1ccc(C(=N)N)cc1. The fraction of sp³-hybridized carbons (Fsp3) is 0.138. The van der Waals surface area contributed by atoms with Gasteiger partial charge in [0.05, 0.1) is 0 Å². The molecule has 7 nitrogen and oxygen atoms in total. The predicted octanol–water partition coefficient (Wildman–Crippen LogP) is 3.99. The van der Waals surface area contributed by atoms with Crippen molar-refractivity contribution in [3.63, 3.8) is 0 Å². The zero-order valence-corrected chi connectivity index (χ0v) is 20.0. The molecule has 0 aliphatic carbocycles. The molecule has 0 aliphatic heterocycles. The van der Waals surface area contributed by atoms with Crippen molar-refractivity contribution in [1.29, 1.82) is 5.41 Å². The lowest BCUT2D eigenvalue weighted by Gasteiger charge is -2.14. The summed E-state index contributed by atoms with van der Waals surface area (Å²) in [6.45, 7) is 1.96. The second kappa shape index (κ2) is 11.2. The Morgan fingerprint density at radius 1 is 0.889 bits per heavy atom. The largest absolute Gasteiger partial charge is 0.384 e. The summed E-state index contributed by atoms with van der Waals surface area (Å²) in [6, 6.07) is 26.8. The van der Waals surface area contributed by atoms with E-state index < -0.39 is 6.04 Å². The first kappa shape index (κ1) is 24.5. The van der Waals surface area contributed by atoms with E-state index in [-0.39, 0.29) is 17.6 Å². The first-order chi connectivity index (χ1) is 17.4. The molecular weight excluding hydrogens is 450 g/mol. The van der Waals surface area contributed by atoms with E-state index in [2.05, 4.69) is 52.0 Å². The van der Waals surface area contributed by atoms with Gasteiger partial charge in [0.2, 0.25) is 5.91 Å². The minimum atomic E-state index is -0.703. The zero-order chi connectivity index (χ0) is 25.5. The summed E-state index contributed by atoms with van der Waals surface area (Å²) in [5, 5.41) is 13.0. The summed E-state index contributed by atoms with van der Waals surface area (Å²) in [5.74, 6) is -0.631. The number of hydrogen-bond donors (Lipinski definition) is 5. The number of amides is 2. The van der Waals surface area contributed by atoms with Gasteiger partial charge < -0.3 is 21.4 Å². The summed E-state index contributed by atoms with van der Waals surface area (Å²) < 4.78 is 0. The van der Waals surface area contributed by atoms with Crippen molar-refractivity contribution in [1.82, 2.24) is 15.6 Å². The van der Waals surface area contributed by atoms with Gasteiger partial charge in [-0.2, -0.15) is 0 Å². The first-order valence-electron chi connectivity index (χ1n) is 11.7. The Morgan fingerprint density at radius 2 is 1.53 bits per heavy atom. The highest BCUT2D eigenvalue weighted by Crippen LogP contribution is 2.20. The van der Waals surface area contributed by atoms with E-state index in [1.807, 2.05) is 30.5 Å². The van der Waals surface area contributed by atoms with Gasteiger partial charge >= 0.3 is 0 Å².